The summed E-state index contributed by atoms with van der Waals surface area (Å²) in [5.41, 5.74) is 7.40. The molecule has 0 fully saturated rings. The van der Waals surface area contributed by atoms with Crippen molar-refractivity contribution in [3.05, 3.63) is 39.3 Å². The average Bonchev–Trinajstić information content (AvgIpc) is 2.67. The fourth-order valence-corrected chi connectivity index (χ4v) is 2.80. The SMILES string of the molecule is NCCc1csc(-c2ccc(Cl)cc2Cl)n1. The summed E-state index contributed by atoms with van der Waals surface area (Å²) in [6.45, 7) is 0.609. The topological polar surface area (TPSA) is 38.9 Å². The number of rotatable bonds is 3. The zero-order valence-corrected chi connectivity index (χ0v) is 10.7. The number of nitrogens with two attached hydrogens (primary N) is 1. The molecule has 2 aromatic rings. The molecule has 2 nitrogen and oxygen atoms in total. The number of halogens is 2. The quantitative estimate of drug-likeness (QED) is 0.927. The number of hydrogen-bond donors (Lipinski definition) is 1. The van der Waals surface area contributed by atoms with E-state index < -0.39 is 0 Å². The van der Waals surface area contributed by atoms with Crippen molar-refractivity contribution in [2.75, 3.05) is 6.54 Å². The fourth-order valence-electron chi connectivity index (χ4n) is 1.36. The van der Waals surface area contributed by atoms with Crippen LogP contribution in [0.4, 0.5) is 0 Å². The number of benzene rings is 1. The Kier molecular flexibility index (Phi) is 3.82. The summed E-state index contributed by atoms with van der Waals surface area (Å²) in [6.07, 6.45) is 0.793. The first-order chi connectivity index (χ1) is 7.70. The monoisotopic (exact) mass is 272 g/mol. The summed E-state index contributed by atoms with van der Waals surface area (Å²) in [5, 5.41) is 4.17. The van der Waals surface area contributed by atoms with E-state index in [4.69, 9.17) is 28.9 Å². The third kappa shape index (κ3) is 2.55. The first-order valence-corrected chi connectivity index (χ1v) is 6.44. The Bertz CT molecular complexity index is 496. The summed E-state index contributed by atoms with van der Waals surface area (Å²) in [4.78, 5) is 4.47. The van der Waals surface area contributed by atoms with Gasteiger partial charge in [0, 0.05) is 22.4 Å². The largest absolute Gasteiger partial charge is 0.330 e. The van der Waals surface area contributed by atoms with Gasteiger partial charge in [-0.3, -0.25) is 0 Å². The van der Waals surface area contributed by atoms with E-state index in [0.29, 0.717) is 16.6 Å². The van der Waals surface area contributed by atoms with Crippen LogP contribution in [0.15, 0.2) is 23.6 Å². The Morgan fingerprint density at radius 2 is 2.12 bits per heavy atom. The van der Waals surface area contributed by atoms with Crippen LogP contribution in [0, 0.1) is 0 Å². The molecule has 0 bridgehead atoms. The van der Waals surface area contributed by atoms with Gasteiger partial charge in [-0.05, 0) is 24.7 Å². The molecule has 2 rings (SSSR count). The van der Waals surface area contributed by atoms with Crippen LogP contribution < -0.4 is 5.73 Å². The highest BCUT2D eigenvalue weighted by Gasteiger charge is 2.08. The van der Waals surface area contributed by atoms with Crippen molar-refractivity contribution < 1.29 is 0 Å². The van der Waals surface area contributed by atoms with E-state index >= 15 is 0 Å². The first-order valence-electron chi connectivity index (χ1n) is 4.80. The second kappa shape index (κ2) is 5.15. The highest BCUT2D eigenvalue weighted by molar-refractivity contribution is 7.13. The molecule has 0 amide bonds. The molecule has 84 valence electrons. The highest BCUT2D eigenvalue weighted by atomic mass is 35.5. The Morgan fingerprint density at radius 1 is 1.31 bits per heavy atom. The zero-order valence-electron chi connectivity index (χ0n) is 8.41. The molecule has 0 atom stereocenters. The number of nitrogens with zero attached hydrogens (tertiary/aromatic N) is 1. The van der Waals surface area contributed by atoms with E-state index in [9.17, 15) is 0 Å². The van der Waals surface area contributed by atoms with Crippen molar-refractivity contribution in [3.8, 4) is 10.6 Å². The first kappa shape index (κ1) is 11.9. The summed E-state index contributed by atoms with van der Waals surface area (Å²) in [5.74, 6) is 0. The number of aromatic nitrogens is 1. The molecule has 0 unspecified atom stereocenters. The second-order valence-electron chi connectivity index (χ2n) is 3.31. The van der Waals surface area contributed by atoms with Gasteiger partial charge in [0.15, 0.2) is 0 Å². The smallest absolute Gasteiger partial charge is 0.125 e. The van der Waals surface area contributed by atoms with Gasteiger partial charge in [-0.2, -0.15) is 0 Å². The van der Waals surface area contributed by atoms with Crippen molar-refractivity contribution in [1.29, 1.82) is 0 Å². The van der Waals surface area contributed by atoms with Crippen LogP contribution in [0.3, 0.4) is 0 Å². The summed E-state index contributed by atoms with van der Waals surface area (Å²) >= 11 is 13.5. The van der Waals surface area contributed by atoms with E-state index in [1.807, 2.05) is 17.5 Å². The van der Waals surface area contributed by atoms with Crippen molar-refractivity contribution in [3.63, 3.8) is 0 Å². The summed E-state index contributed by atoms with van der Waals surface area (Å²) in [7, 11) is 0. The minimum Gasteiger partial charge on any atom is -0.330 e. The number of thiazole rings is 1. The van der Waals surface area contributed by atoms with Crippen molar-refractivity contribution in [1.82, 2.24) is 4.98 Å². The van der Waals surface area contributed by atoms with E-state index in [2.05, 4.69) is 4.98 Å². The number of hydrogen-bond acceptors (Lipinski definition) is 3. The van der Waals surface area contributed by atoms with E-state index in [-0.39, 0.29) is 0 Å². The molecule has 0 aliphatic rings. The molecule has 1 aromatic carbocycles. The summed E-state index contributed by atoms with van der Waals surface area (Å²) < 4.78 is 0. The Labute approximate surface area is 108 Å². The molecule has 5 heteroatoms. The lowest BCUT2D eigenvalue weighted by Gasteiger charge is -2.00. The molecular formula is C11H10Cl2N2S. The van der Waals surface area contributed by atoms with Crippen LogP contribution in [0.2, 0.25) is 10.0 Å². The normalized spacial score (nSPS) is 10.7. The van der Waals surface area contributed by atoms with Gasteiger partial charge < -0.3 is 5.73 Å². The van der Waals surface area contributed by atoms with Crippen LogP contribution in [0.25, 0.3) is 10.6 Å². The van der Waals surface area contributed by atoms with Gasteiger partial charge in [-0.15, -0.1) is 11.3 Å². The average molecular weight is 273 g/mol. The van der Waals surface area contributed by atoms with Gasteiger partial charge in [-0.1, -0.05) is 23.2 Å². The van der Waals surface area contributed by atoms with Crippen LogP contribution in [-0.2, 0) is 6.42 Å². The van der Waals surface area contributed by atoms with Crippen molar-refractivity contribution in [2.24, 2.45) is 5.73 Å². The zero-order chi connectivity index (χ0) is 11.5. The van der Waals surface area contributed by atoms with Crippen LogP contribution in [0.5, 0.6) is 0 Å². The van der Waals surface area contributed by atoms with Crippen molar-refractivity contribution in [2.45, 2.75) is 6.42 Å². The summed E-state index contributed by atoms with van der Waals surface area (Å²) in [6, 6.07) is 5.42. The van der Waals surface area contributed by atoms with Crippen molar-refractivity contribution >= 4 is 34.5 Å². The van der Waals surface area contributed by atoms with Gasteiger partial charge in [0.1, 0.15) is 5.01 Å². The maximum atomic E-state index is 6.11. The lowest BCUT2D eigenvalue weighted by atomic mass is 10.2. The fraction of sp³-hybridized carbons (Fsp3) is 0.182. The third-order valence-corrected chi connectivity index (χ3v) is 3.59. The minimum atomic E-state index is 0.609. The molecule has 0 radical (unpaired) electrons. The molecule has 0 aliphatic heterocycles. The minimum absolute atomic E-state index is 0.609. The predicted octanol–water partition coefficient (Wildman–Crippen LogP) is 3.62. The Hall–Kier alpha value is -0.610. The molecule has 1 heterocycles. The lowest BCUT2D eigenvalue weighted by molar-refractivity contribution is 0.936. The van der Waals surface area contributed by atoms with Crippen LogP contribution >= 0.6 is 34.5 Å². The molecule has 0 saturated carbocycles. The molecule has 2 N–H and O–H groups in total. The predicted molar refractivity (Wildman–Crippen MR) is 70.3 cm³/mol. The van der Waals surface area contributed by atoms with Gasteiger partial charge in [0.2, 0.25) is 0 Å². The van der Waals surface area contributed by atoms with Gasteiger partial charge in [0.05, 0.1) is 10.7 Å². The maximum absolute atomic E-state index is 6.11. The van der Waals surface area contributed by atoms with E-state index in [0.717, 1.165) is 22.7 Å². The highest BCUT2D eigenvalue weighted by Crippen LogP contribution is 2.32. The molecule has 0 spiro atoms. The lowest BCUT2D eigenvalue weighted by Crippen LogP contribution is -2.02. The standard InChI is InChI=1S/C11H10Cl2N2S/c12-7-1-2-9(10(13)5-7)11-15-8(3-4-14)6-16-11/h1-2,5-6H,3-4,14H2. The van der Waals surface area contributed by atoms with Gasteiger partial charge >= 0.3 is 0 Å². The molecule has 1 aromatic heterocycles. The van der Waals surface area contributed by atoms with E-state index in [1.165, 1.54) is 0 Å². The van der Waals surface area contributed by atoms with Crippen LogP contribution in [0.1, 0.15) is 5.69 Å². The Morgan fingerprint density at radius 3 is 2.81 bits per heavy atom. The van der Waals surface area contributed by atoms with E-state index in [1.54, 1.807) is 17.4 Å². The van der Waals surface area contributed by atoms with Gasteiger partial charge in [0.25, 0.3) is 0 Å². The Balaban J connectivity index is 2.35. The second-order valence-corrected chi connectivity index (χ2v) is 5.01. The molecule has 0 saturated heterocycles. The molecule has 16 heavy (non-hydrogen) atoms. The molecule has 0 aliphatic carbocycles. The van der Waals surface area contributed by atoms with Crippen LogP contribution in [-0.4, -0.2) is 11.5 Å². The van der Waals surface area contributed by atoms with Gasteiger partial charge in [-0.25, -0.2) is 4.98 Å². The molecular weight excluding hydrogens is 263 g/mol. The third-order valence-electron chi connectivity index (χ3n) is 2.11. The maximum Gasteiger partial charge on any atom is 0.125 e.